The number of carboxylic acid groups (broad SMARTS) is 1. The Labute approximate surface area is 141 Å². The number of ether oxygens (including phenoxy) is 1. The van der Waals surface area contributed by atoms with Gasteiger partial charge >= 0.3 is 5.97 Å². The van der Waals surface area contributed by atoms with Crippen LogP contribution in [-0.2, 0) is 11.2 Å². The Bertz CT molecular complexity index is 746. The third-order valence-corrected chi connectivity index (χ3v) is 4.00. The van der Waals surface area contributed by atoms with Crippen molar-refractivity contribution < 1.29 is 14.6 Å². The summed E-state index contributed by atoms with van der Waals surface area (Å²) in [6, 6.07) is 9.95. The summed E-state index contributed by atoms with van der Waals surface area (Å²) in [6.07, 6.45) is 2.07. The van der Waals surface area contributed by atoms with Crippen molar-refractivity contribution >= 4 is 17.6 Å². The molecule has 1 aliphatic heterocycles. The number of fused-ring (bicyclic) bond motifs is 1. The third-order valence-electron chi connectivity index (χ3n) is 4.00. The normalized spacial score (nSPS) is 13.7. The Kier molecular flexibility index (Phi) is 4.64. The minimum atomic E-state index is -1.02. The number of rotatable bonds is 5. The van der Waals surface area contributed by atoms with Gasteiger partial charge in [-0.3, -0.25) is 0 Å². The van der Waals surface area contributed by atoms with Gasteiger partial charge in [0.05, 0.1) is 5.69 Å². The van der Waals surface area contributed by atoms with Crippen LogP contribution in [0.4, 0.5) is 11.6 Å². The van der Waals surface area contributed by atoms with Crippen LogP contribution in [0.2, 0.25) is 0 Å². The molecule has 0 atom stereocenters. The first-order chi connectivity index (χ1) is 11.5. The smallest absolute Gasteiger partial charge is 0.341 e. The Hall–Kier alpha value is -2.63. The highest BCUT2D eigenvalue weighted by atomic mass is 16.5. The zero-order chi connectivity index (χ0) is 17.1. The van der Waals surface area contributed by atoms with E-state index in [9.17, 15) is 4.79 Å². The third kappa shape index (κ3) is 3.48. The lowest BCUT2D eigenvalue weighted by Crippen LogP contribution is -2.27. The summed E-state index contributed by atoms with van der Waals surface area (Å²) in [4.78, 5) is 22.0. The molecule has 1 aliphatic rings. The molecule has 1 aromatic carbocycles. The number of carboxylic acids is 1. The molecule has 3 rings (SSSR count). The monoisotopic (exact) mass is 327 g/mol. The molecule has 24 heavy (non-hydrogen) atoms. The summed E-state index contributed by atoms with van der Waals surface area (Å²) in [7, 11) is 0. The van der Waals surface area contributed by atoms with Crippen LogP contribution in [0.1, 0.15) is 37.4 Å². The van der Waals surface area contributed by atoms with E-state index in [1.54, 1.807) is 6.07 Å². The van der Waals surface area contributed by atoms with Crippen molar-refractivity contribution in [3.63, 3.8) is 0 Å². The van der Waals surface area contributed by atoms with Crippen molar-refractivity contribution in [3.05, 3.63) is 41.6 Å². The predicted octanol–water partition coefficient (Wildman–Crippen LogP) is 3.15. The largest absolute Gasteiger partial charge is 0.479 e. The molecule has 0 unspecified atom stereocenters. The molecule has 2 heterocycles. The molecule has 6 nitrogen and oxygen atoms in total. The Morgan fingerprint density at radius 2 is 2.12 bits per heavy atom. The predicted molar refractivity (Wildman–Crippen MR) is 91.0 cm³/mol. The highest BCUT2D eigenvalue weighted by molar-refractivity contribution is 5.68. The van der Waals surface area contributed by atoms with E-state index in [1.165, 1.54) is 5.56 Å². The van der Waals surface area contributed by atoms with Crippen LogP contribution in [0.15, 0.2) is 30.3 Å². The van der Waals surface area contributed by atoms with Crippen molar-refractivity contribution in [3.8, 4) is 5.88 Å². The van der Waals surface area contributed by atoms with Crippen LogP contribution in [-0.4, -0.2) is 34.2 Å². The summed E-state index contributed by atoms with van der Waals surface area (Å²) in [5.41, 5.74) is 3.22. The van der Waals surface area contributed by atoms with E-state index >= 15 is 0 Å². The SMILES string of the molecule is CC(C)c1cc(OCC(=O)O)nc(N2CCCc3ccccc32)n1. The van der Waals surface area contributed by atoms with Crippen LogP contribution in [0.3, 0.4) is 0 Å². The molecule has 0 aliphatic carbocycles. The summed E-state index contributed by atoms with van der Waals surface area (Å²) in [6.45, 7) is 4.50. The fraction of sp³-hybridized carbons (Fsp3) is 0.389. The maximum absolute atomic E-state index is 10.8. The van der Waals surface area contributed by atoms with Crippen molar-refractivity contribution in [1.82, 2.24) is 9.97 Å². The van der Waals surface area contributed by atoms with Gasteiger partial charge in [0.2, 0.25) is 11.8 Å². The molecule has 0 bridgehead atoms. The summed E-state index contributed by atoms with van der Waals surface area (Å²) < 4.78 is 5.30. The molecule has 0 radical (unpaired) electrons. The molecular formula is C18H21N3O3. The van der Waals surface area contributed by atoms with Crippen LogP contribution < -0.4 is 9.64 Å². The van der Waals surface area contributed by atoms with E-state index in [0.29, 0.717) is 11.8 Å². The average Bonchev–Trinajstić information content (AvgIpc) is 2.59. The van der Waals surface area contributed by atoms with Crippen molar-refractivity contribution in [2.24, 2.45) is 0 Å². The van der Waals surface area contributed by atoms with E-state index in [1.807, 2.05) is 26.0 Å². The Morgan fingerprint density at radius 3 is 2.88 bits per heavy atom. The Balaban J connectivity index is 1.99. The highest BCUT2D eigenvalue weighted by Crippen LogP contribution is 2.33. The number of hydrogen-bond donors (Lipinski definition) is 1. The maximum atomic E-state index is 10.8. The number of aryl methyl sites for hydroxylation is 1. The number of benzene rings is 1. The van der Waals surface area contributed by atoms with E-state index in [2.05, 4.69) is 27.0 Å². The topological polar surface area (TPSA) is 75.6 Å². The zero-order valence-electron chi connectivity index (χ0n) is 13.9. The van der Waals surface area contributed by atoms with Gasteiger partial charge in [-0.1, -0.05) is 32.0 Å². The number of hydrogen-bond acceptors (Lipinski definition) is 5. The lowest BCUT2D eigenvalue weighted by atomic mass is 10.0. The molecule has 126 valence electrons. The Morgan fingerprint density at radius 1 is 1.33 bits per heavy atom. The van der Waals surface area contributed by atoms with Gasteiger partial charge < -0.3 is 14.7 Å². The molecule has 0 saturated carbocycles. The summed E-state index contributed by atoms with van der Waals surface area (Å²) >= 11 is 0. The van der Waals surface area contributed by atoms with Crippen molar-refractivity contribution in [1.29, 1.82) is 0 Å². The number of carbonyl (C=O) groups is 1. The fourth-order valence-electron chi connectivity index (χ4n) is 2.80. The minimum Gasteiger partial charge on any atom is -0.479 e. The van der Waals surface area contributed by atoms with Crippen LogP contribution in [0, 0.1) is 0 Å². The quantitative estimate of drug-likeness (QED) is 0.909. The first kappa shape index (κ1) is 16.2. The standard InChI is InChI=1S/C18H21N3O3/c1-12(2)14-10-16(24-11-17(22)23)20-18(19-14)21-9-5-7-13-6-3-4-8-15(13)21/h3-4,6,8,10,12H,5,7,9,11H2,1-2H3,(H,22,23). The zero-order valence-corrected chi connectivity index (χ0v) is 13.9. The molecule has 0 spiro atoms. The number of aliphatic carboxylic acids is 1. The van der Waals surface area contributed by atoms with Crippen LogP contribution in [0.5, 0.6) is 5.88 Å². The van der Waals surface area contributed by atoms with Gasteiger partial charge in [-0.25, -0.2) is 9.78 Å². The van der Waals surface area contributed by atoms with Gasteiger partial charge in [0.25, 0.3) is 0 Å². The lowest BCUT2D eigenvalue weighted by molar-refractivity contribution is -0.139. The van der Waals surface area contributed by atoms with E-state index in [0.717, 1.165) is 30.8 Å². The van der Waals surface area contributed by atoms with Gasteiger partial charge in [0.15, 0.2) is 6.61 Å². The second kappa shape index (κ2) is 6.86. The average molecular weight is 327 g/mol. The molecule has 1 aromatic heterocycles. The first-order valence-electron chi connectivity index (χ1n) is 8.13. The highest BCUT2D eigenvalue weighted by Gasteiger charge is 2.21. The summed E-state index contributed by atoms with van der Waals surface area (Å²) in [5, 5.41) is 8.82. The van der Waals surface area contributed by atoms with Crippen LogP contribution in [0.25, 0.3) is 0 Å². The van der Waals surface area contributed by atoms with E-state index < -0.39 is 12.6 Å². The van der Waals surface area contributed by atoms with Gasteiger partial charge in [-0.05, 0) is 30.4 Å². The second-order valence-electron chi connectivity index (χ2n) is 6.15. The second-order valence-corrected chi connectivity index (χ2v) is 6.15. The maximum Gasteiger partial charge on any atom is 0.341 e. The summed E-state index contributed by atoms with van der Waals surface area (Å²) in [5.74, 6) is 0.0337. The molecule has 0 saturated heterocycles. The minimum absolute atomic E-state index is 0.193. The molecule has 6 heteroatoms. The van der Waals surface area contributed by atoms with Crippen molar-refractivity contribution in [2.45, 2.75) is 32.6 Å². The molecule has 0 fully saturated rings. The molecular weight excluding hydrogens is 306 g/mol. The number of anilines is 2. The first-order valence-corrected chi connectivity index (χ1v) is 8.13. The van der Waals surface area contributed by atoms with Gasteiger partial charge in [-0.2, -0.15) is 4.98 Å². The number of para-hydroxylation sites is 1. The molecule has 2 aromatic rings. The lowest BCUT2D eigenvalue weighted by Gasteiger charge is -2.30. The van der Waals surface area contributed by atoms with Gasteiger partial charge in [-0.15, -0.1) is 0 Å². The van der Waals surface area contributed by atoms with E-state index in [-0.39, 0.29) is 5.92 Å². The number of nitrogens with zero attached hydrogens (tertiary/aromatic N) is 3. The van der Waals surface area contributed by atoms with E-state index in [4.69, 9.17) is 9.84 Å². The molecule has 0 amide bonds. The number of aromatic nitrogens is 2. The fourth-order valence-corrected chi connectivity index (χ4v) is 2.80. The van der Waals surface area contributed by atoms with Gasteiger partial charge in [0, 0.05) is 18.3 Å². The van der Waals surface area contributed by atoms with Crippen LogP contribution >= 0.6 is 0 Å². The molecule has 1 N–H and O–H groups in total. The van der Waals surface area contributed by atoms with Crippen molar-refractivity contribution in [2.75, 3.05) is 18.1 Å². The van der Waals surface area contributed by atoms with Gasteiger partial charge in [0.1, 0.15) is 0 Å².